The van der Waals surface area contributed by atoms with Crippen molar-refractivity contribution < 1.29 is 18.5 Å². The summed E-state index contributed by atoms with van der Waals surface area (Å²) in [7, 11) is -0.354. The van der Waals surface area contributed by atoms with Crippen LogP contribution in [0.5, 0.6) is 5.75 Å². The Morgan fingerprint density at radius 3 is 2.55 bits per heavy atom. The minimum Gasteiger partial charge on any atom is -0.404 e. The topological polar surface area (TPSA) is 59.0 Å². The molecular weight excluding hydrogens is 277 g/mol. The Labute approximate surface area is 121 Å². The number of nitrogens with zero attached hydrogens (tertiary/aromatic N) is 1. The zero-order chi connectivity index (χ0) is 15.3. The number of rotatable bonds is 7. The summed E-state index contributed by atoms with van der Waals surface area (Å²) in [6, 6.07) is 5.63. The van der Waals surface area contributed by atoms with Crippen molar-refractivity contribution >= 4 is 7.82 Å². The van der Waals surface area contributed by atoms with Crippen molar-refractivity contribution in [2.24, 2.45) is 0 Å². The van der Waals surface area contributed by atoms with Crippen LogP contribution in [0.4, 0.5) is 0 Å². The van der Waals surface area contributed by atoms with E-state index in [1.165, 1.54) is 0 Å². The van der Waals surface area contributed by atoms with Gasteiger partial charge in [0.2, 0.25) is 0 Å². The maximum Gasteiger partial charge on any atom is 0.527 e. The molecule has 0 fully saturated rings. The molecule has 1 aromatic carbocycles. The highest BCUT2D eigenvalue weighted by molar-refractivity contribution is 7.47. The lowest BCUT2D eigenvalue weighted by atomic mass is 10.0. The summed E-state index contributed by atoms with van der Waals surface area (Å²) >= 11 is 0. The Morgan fingerprint density at radius 2 is 2.00 bits per heavy atom. The Morgan fingerprint density at radius 1 is 1.35 bits per heavy atom. The summed E-state index contributed by atoms with van der Waals surface area (Å²) in [5.74, 6) is 0.614. The number of phosphoric acid groups is 1. The molecule has 0 radical (unpaired) electrons. The number of phosphoric ester groups is 1. The lowest BCUT2D eigenvalue weighted by Crippen LogP contribution is -2.18. The van der Waals surface area contributed by atoms with Crippen LogP contribution >= 0.6 is 7.82 Å². The summed E-state index contributed by atoms with van der Waals surface area (Å²) in [6.45, 7) is 6.62. The third kappa shape index (κ3) is 5.63. The minimum absolute atomic E-state index is 0.142. The molecule has 0 aromatic heterocycles. The van der Waals surface area contributed by atoms with Gasteiger partial charge in [-0.1, -0.05) is 26.0 Å². The zero-order valence-corrected chi connectivity index (χ0v) is 13.7. The normalized spacial score (nSPS) is 14.6. The van der Waals surface area contributed by atoms with Crippen LogP contribution in [0.1, 0.15) is 30.9 Å². The molecule has 114 valence electrons. The van der Waals surface area contributed by atoms with Crippen LogP contribution in [0.25, 0.3) is 0 Å². The fourth-order valence-corrected chi connectivity index (χ4v) is 2.46. The first-order valence-electron chi connectivity index (χ1n) is 6.63. The van der Waals surface area contributed by atoms with Gasteiger partial charge in [0, 0.05) is 6.54 Å². The number of aryl methyl sites for hydroxylation is 1. The minimum atomic E-state index is -4.08. The quantitative estimate of drug-likeness (QED) is 0.784. The van der Waals surface area contributed by atoms with Gasteiger partial charge in [0.15, 0.2) is 0 Å². The molecule has 0 amide bonds. The molecule has 1 aromatic rings. The van der Waals surface area contributed by atoms with Gasteiger partial charge in [-0.05, 0) is 44.1 Å². The highest BCUT2D eigenvalue weighted by Gasteiger charge is 2.24. The molecule has 6 heteroatoms. The largest absolute Gasteiger partial charge is 0.527 e. The molecular formula is C14H24NO4P. The van der Waals surface area contributed by atoms with Crippen molar-refractivity contribution in [3.05, 3.63) is 29.3 Å². The van der Waals surface area contributed by atoms with E-state index in [1.54, 1.807) is 6.07 Å². The summed E-state index contributed by atoms with van der Waals surface area (Å²) in [5.41, 5.74) is 1.86. The van der Waals surface area contributed by atoms with Gasteiger partial charge in [-0.15, -0.1) is 0 Å². The summed E-state index contributed by atoms with van der Waals surface area (Å²) in [6.07, 6.45) is 0. The molecule has 0 aliphatic carbocycles. The lowest BCUT2D eigenvalue weighted by molar-refractivity contribution is 0.185. The summed E-state index contributed by atoms with van der Waals surface area (Å²) in [5, 5.41) is 0. The Bertz CT molecular complexity index is 488. The van der Waals surface area contributed by atoms with Gasteiger partial charge >= 0.3 is 7.82 Å². The molecule has 1 unspecified atom stereocenters. The molecule has 0 saturated carbocycles. The van der Waals surface area contributed by atoms with Gasteiger partial charge in [0.05, 0.1) is 6.61 Å². The van der Waals surface area contributed by atoms with Crippen molar-refractivity contribution in [3.8, 4) is 5.75 Å². The predicted molar refractivity (Wildman–Crippen MR) is 80.2 cm³/mol. The van der Waals surface area contributed by atoms with Gasteiger partial charge in [0.1, 0.15) is 5.75 Å². The molecule has 20 heavy (non-hydrogen) atoms. The van der Waals surface area contributed by atoms with Crippen LogP contribution in [-0.2, 0) is 9.09 Å². The maximum atomic E-state index is 11.9. The van der Waals surface area contributed by atoms with E-state index in [-0.39, 0.29) is 12.5 Å². The van der Waals surface area contributed by atoms with E-state index in [9.17, 15) is 9.46 Å². The third-order valence-electron chi connectivity index (χ3n) is 2.80. The van der Waals surface area contributed by atoms with E-state index in [2.05, 4.69) is 0 Å². The number of hydrogen-bond acceptors (Lipinski definition) is 4. The van der Waals surface area contributed by atoms with Crippen LogP contribution < -0.4 is 4.52 Å². The second kappa shape index (κ2) is 7.23. The van der Waals surface area contributed by atoms with Crippen LogP contribution in [0, 0.1) is 6.92 Å². The monoisotopic (exact) mass is 301 g/mol. The van der Waals surface area contributed by atoms with Crippen molar-refractivity contribution in [2.75, 3.05) is 27.2 Å². The highest BCUT2D eigenvalue weighted by atomic mass is 31.2. The molecule has 0 bridgehead atoms. The number of hydrogen-bond donors (Lipinski definition) is 1. The fourth-order valence-electron chi connectivity index (χ4n) is 1.69. The van der Waals surface area contributed by atoms with E-state index < -0.39 is 7.82 Å². The molecule has 1 rings (SSSR count). The van der Waals surface area contributed by atoms with Crippen LogP contribution in [0.2, 0.25) is 0 Å². The van der Waals surface area contributed by atoms with Crippen LogP contribution in [-0.4, -0.2) is 37.0 Å². The Hall–Kier alpha value is -0.870. The van der Waals surface area contributed by atoms with Gasteiger partial charge in [0.25, 0.3) is 0 Å². The van der Waals surface area contributed by atoms with E-state index in [4.69, 9.17) is 9.05 Å². The number of likely N-dealkylation sites (N-methyl/N-ethyl adjacent to an activating group) is 1. The SMILES string of the molecule is Cc1ccc(C(C)C)c(OP(=O)(O)OCCN(C)C)c1. The molecule has 0 spiro atoms. The predicted octanol–water partition coefficient (Wildman–Crippen LogP) is 3.18. The van der Waals surface area contributed by atoms with Crippen molar-refractivity contribution in [3.63, 3.8) is 0 Å². The molecule has 5 nitrogen and oxygen atoms in total. The average Bonchev–Trinajstić information content (AvgIpc) is 2.26. The third-order valence-corrected chi connectivity index (χ3v) is 3.73. The second-order valence-electron chi connectivity index (χ2n) is 5.39. The van der Waals surface area contributed by atoms with Crippen molar-refractivity contribution in [1.82, 2.24) is 4.90 Å². The zero-order valence-electron chi connectivity index (χ0n) is 12.8. The van der Waals surface area contributed by atoms with E-state index in [0.29, 0.717) is 12.3 Å². The van der Waals surface area contributed by atoms with E-state index in [1.807, 2.05) is 51.9 Å². The lowest BCUT2D eigenvalue weighted by Gasteiger charge is -2.18. The Balaban J connectivity index is 2.80. The van der Waals surface area contributed by atoms with Gasteiger partial charge < -0.3 is 9.42 Å². The van der Waals surface area contributed by atoms with Gasteiger partial charge in [-0.3, -0.25) is 9.42 Å². The van der Waals surface area contributed by atoms with Crippen molar-refractivity contribution in [2.45, 2.75) is 26.7 Å². The summed E-state index contributed by atoms with van der Waals surface area (Å²) < 4.78 is 22.1. The van der Waals surface area contributed by atoms with E-state index in [0.717, 1.165) is 11.1 Å². The standard InChI is InChI=1S/C14H24NO4P/c1-11(2)13-7-6-12(3)10-14(13)19-20(16,17)18-9-8-15(4)5/h6-7,10-11H,8-9H2,1-5H3,(H,16,17). The molecule has 0 saturated heterocycles. The van der Waals surface area contributed by atoms with Gasteiger partial charge in [-0.2, -0.15) is 0 Å². The fraction of sp³-hybridized carbons (Fsp3) is 0.571. The van der Waals surface area contributed by atoms with E-state index >= 15 is 0 Å². The average molecular weight is 301 g/mol. The highest BCUT2D eigenvalue weighted by Crippen LogP contribution is 2.45. The molecule has 0 heterocycles. The molecule has 1 atom stereocenters. The first kappa shape index (κ1) is 17.2. The number of benzene rings is 1. The molecule has 0 aliphatic rings. The first-order chi connectivity index (χ1) is 9.21. The van der Waals surface area contributed by atoms with Crippen LogP contribution in [0.15, 0.2) is 18.2 Å². The second-order valence-corrected chi connectivity index (χ2v) is 6.77. The maximum absolute atomic E-state index is 11.9. The van der Waals surface area contributed by atoms with Gasteiger partial charge in [-0.25, -0.2) is 4.57 Å². The molecule has 1 N–H and O–H groups in total. The summed E-state index contributed by atoms with van der Waals surface area (Å²) in [4.78, 5) is 11.6. The first-order valence-corrected chi connectivity index (χ1v) is 8.13. The van der Waals surface area contributed by atoms with Crippen LogP contribution in [0.3, 0.4) is 0 Å². The van der Waals surface area contributed by atoms with Crippen molar-refractivity contribution in [1.29, 1.82) is 0 Å². The smallest absolute Gasteiger partial charge is 0.404 e. The molecule has 0 aliphatic heterocycles. The Kier molecular flexibility index (Phi) is 6.21.